The normalized spacial score (nSPS) is 17.9. The molecule has 1 aliphatic heterocycles. The average molecular weight is 301 g/mol. The van der Waals surface area contributed by atoms with Gasteiger partial charge in [-0.2, -0.15) is 11.8 Å². The van der Waals surface area contributed by atoms with Crippen molar-refractivity contribution in [2.45, 2.75) is 18.1 Å². The van der Waals surface area contributed by atoms with E-state index in [0.717, 1.165) is 23.1 Å². The molecule has 4 nitrogen and oxygen atoms in total. The molecule has 1 amide bonds. The Balaban J connectivity index is 1.80. The Labute approximate surface area is 128 Å². The van der Waals surface area contributed by atoms with Gasteiger partial charge in [0.15, 0.2) is 0 Å². The first kappa shape index (κ1) is 14.2. The minimum atomic E-state index is -0.0928. The standard InChI is InChI=1S/C16H19N3OS/c1-17-15-13-7-3-2-5-11(13)9-14(19-15)16(20)18-10-12-6-4-8-21-12/h2-3,5,7,9,12H,4,6,8,10H2,1H3,(H,17,19)(H,18,20). The molecule has 1 aromatic carbocycles. The molecule has 0 saturated carbocycles. The predicted octanol–water partition coefficient (Wildman–Crippen LogP) is 2.90. The third kappa shape index (κ3) is 3.13. The minimum Gasteiger partial charge on any atom is -0.373 e. The second-order valence-corrected chi connectivity index (χ2v) is 6.58. The van der Waals surface area contributed by atoms with Crippen molar-refractivity contribution in [1.82, 2.24) is 10.3 Å². The van der Waals surface area contributed by atoms with Crippen molar-refractivity contribution in [2.24, 2.45) is 0 Å². The molecule has 0 bridgehead atoms. The quantitative estimate of drug-likeness (QED) is 0.912. The lowest BCUT2D eigenvalue weighted by Crippen LogP contribution is -2.30. The van der Waals surface area contributed by atoms with E-state index in [9.17, 15) is 4.79 Å². The smallest absolute Gasteiger partial charge is 0.270 e. The Morgan fingerprint density at radius 2 is 2.29 bits per heavy atom. The number of benzene rings is 1. The zero-order chi connectivity index (χ0) is 14.7. The summed E-state index contributed by atoms with van der Waals surface area (Å²) < 4.78 is 0. The highest BCUT2D eigenvalue weighted by atomic mass is 32.2. The lowest BCUT2D eigenvalue weighted by atomic mass is 10.1. The summed E-state index contributed by atoms with van der Waals surface area (Å²) in [5.74, 6) is 1.86. The predicted molar refractivity (Wildman–Crippen MR) is 89.1 cm³/mol. The molecular formula is C16H19N3OS. The fraction of sp³-hybridized carbons (Fsp3) is 0.375. The largest absolute Gasteiger partial charge is 0.373 e. The van der Waals surface area contributed by atoms with Crippen LogP contribution in [0.5, 0.6) is 0 Å². The van der Waals surface area contributed by atoms with Crippen molar-refractivity contribution in [1.29, 1.82) is 0 Å². The number of nitrogens with one attached hydrogen (secondary N) is 2. The fourth-order valence-corrected chi connectivity index (χ4v) is 3.81. The monoisotopic (exact) mass is 301 g/mol. The molecule has 1 unspecified atom stereocenters. The van der Waals surface area contributed by atoms with Gasteiger partial charge in [0.1, 0.15) is 11.5 Å². The molecular weight excluding hydrogens is 282 g/mol. The summed E-state index contributed by atoms with van der Waals surface area (Å²) >= 11 is 1.94. The molecule has 1 aromatic heterocycles. The molecule has 110 valence electrons. The highest BCUT2D eigenvalue weighted by molar-refractivity contribution is 8.00. The summed E-state index contributed by atoms with van der Waals surface area (Å²) in [7, 11) is 1.83. The molecule has 0 spiro atoms. The van der Waals surface area contributed by atoms with E-state index >= 15 is 0 Å². The maximum absolute atomic E-state index is 12.3. The molecule has 21 heavy (non-hydrogen) atoms. The number of hydrogen-bond acceptors (Lipinski definition) is 4. The molecule has 2 N–H and O–H groups in total. The van der Waals surface area contributed by atoms with E-state index in [2.05, 4.69) is 15.6 Å². The van der Waals surface area contributed by atoms with E-state index in [1.54, 1.807) is 0 Å². The van der Waals surface area contributed by atoms with Gasteiger partial charge in [0.25, 0.3) is 5.91 Å². The molecule has 0 radical (unpaired) electrons. The Kier molecular flexibility index (Phi) is 4.29. The number of amides is 1. The van der Waals surface area contributed by atoms with E-state index in [1.807, 2.05) is 49.1 Å². The highest BCUT2D eigenvalue weighted by Crippen LogP contribution is 2.25. The van der Waals surface area contributed by atoms with Gasteiger partial charge in [0, 0.05) is 24.2 Å². The first-order valence-corrected chi connectivity index (χ1v) is 8.30. The summed E-state index contributed by atoms with van der Waals surface area (Å²) in [5.41, 5.74) is 0.473. The maximum Gasteiger partial charge on any atom is 0.270 e. The van der Waals surface area contributed by atoms with Gasteiger partial charge >= 0.3 is 0 Å². The number of rotatable bonds is 4. The number of nitrogens with zero attached hydrogens (tertiary/aromatic N) is 1. The van der Waals surface area contributed by atoms with Gasteiger partial charge in [-0.1, -0.05) is 24.3 Å². The van der Waals surface area contributed by atoms with E-state index in [-0.39, 0.29) is 5.91 Å². The second kappa shape index (κ2) is 6.35. The molecule has 2 heterocycles. The van der Waals surface area contributed by atoms with Crippen LogP contribution in [0.3, 0.4) is 0 Å². The molecule has 1 fully saturated rings. The fourth-order valence-electron chi connectivity index (χ4n) is 2.61. The van der Waals surface area contributed by atoms with Crippen LogP contribution < -0.4 is 10.6 Å². The number of carbonyl (C=O) groups excluding carboxylic acids is 1. The number of aromatic nitrogens is 1. The lowest BCUT2D eigenvalue weighted by Gasteiger charge is -2.11. The average Bonchev–Trinajstić information content (AvgIpc) is 3.04. The van der Waals surface area contributed by atoms with E-state index < -0.39 is 0 Å². The number of thioether (sulfide) groups is 1. The first-order chi connectivity index (χ1) is 10.3. The third-order valence-corrected chi connectivity index (χ3v) is 5.12. The van der Waals surface area contributed by atoms with Crippen molar-refractivity contribution in [3.63, 3.8) is 0 Å². The number of fused-ring (bicyclic) bond motifs is 1. The van der Waals surface area contributed by atoms with E-state index in [4.69, 9.17) is 0 Å². The van der Waals surface area contributed by atoms with E-state index in [0.29, 0.717) is 10.9 Å². The zero-order valence-corrected chi connectivity index (χ0v) is 12.9. The second-order valence-electron chi connectivity index (χ2n) is 5.17. The highest BCUT2D eigenvalue weighted by Gasteiger charge is 2.17. The Hall–Kier alpha value is -1.75. The maximum atomic E-state index is 12.3. The lowest BCUT2D eigenvalue weighted by molar-refractivity contribution is 0.0949. The van der Waals surface area contributed by atoms with Gasteiger partial charge in [0.05, 0.1) is 0 Å². The van der Waals surface area contributed by atoms with Crippen molar-refractivity contribution in [3.8, 4) is 0 Å². The molecule has 0 aliphatic carbocycles. The Morgan fingerprint density at radius 1 is 1.43 bits per heavy atom. The number of carbonyl (C=O) groups is 1. The van der Waals surface area contributed by atoms with Gasteiger partial charge in [-0.25, -0.2) is 4.98 Å². The van der Waals surface area contributed by atoms with Gasteiger partial charge < -0.3 is 10.6 Å². The van der Waals surface area contributed by atoms with Crippen molar-refractivity contribution < 1.29 is 4.79 Å². The molecule has 1 aliphatic rings. The SMILES string of the molecule is CNc1nc(C(=O)NCC2CCCS2)cc2ccccc12. The number of hydrogen-bond donors (Lipinski definition) is 2. The topological polar surface area (TPSA) is 54.0 Å². The van der Waals surface area contributed by atoms with Crippen LogP contribution in [0.1, 0.15) is 23.3 Å². The number of anilines is 1. The summed E-state index contributed by atoms with van der Waals surface area (Å²) in [4.78, 5) is 16.7. The van der Waals surface area contributed by atoms with Gasteiger partial charge in [-0.3, -0.25) is 4.79 Å². The van der Waals surface area contributed by atoms with Crippen molar-refractivity contribution >= 4 is 34.3 Å². The van der Waals surface area contributed by atoms with Crippen LogP contribution in [-0.2, 0) is 0 Å². The van der Waals surface area contributed by atoms with Crippen LogP contribution in [-0.4, -0.2) is 35.5 Å². The molecule has 1 atom stereocenters. The van der Waals surface area contributed by atoms with Crippen LogP contribution in [0.15, 0.2) is 30.3 Å². The first-order valence-electron chi connectivity index (χ1n) is 7.25. The van der Waals surface area contributed by atoms with Crippen LogP contribution >= 0.6 is 11.8 Å². The summed E-state index contributed by atoms with van der Waals surface area (Å²) in [6.45, 7) is 0.729. The van der Waals surface area contributed by atoms with Gasteiger partial charge in [-0.05, 0) is 30.0 Å². The van der Waals surface area contributed by atoms with Crippen molar-refractivity contribution in [2.75, 3.05) is 24.7 Å². The van der Waals surface area contributed by atoms with Crippen LogP contribution in [0.25, 0.3) is 10.8 Å². The summed E-state index contributed by atoms with van der Waals surface area (Å²) in [6, 6.07) is 9.81. The van der Waals surface area contributed by atoms with Gasteiger partial charge in [-0.15, -0.1) is 0 Å². The minimum absolute atomic E-state index is 0.0928. The summed E-state index contributed by atoms with van der Waals surface area (Å²) in [5, 5.41) is 8.68. The molecule has 5 heteroatoms. The van der Waals surface area contributed by atoms with Crippen LogP contribution in [0.4, 0.5) is 5.82 Å². The Bertz CT molecular complexity index is 653. The number of pyridine rings is 1. The van der Waals surface area contributed by atoms with Gasteiger partial charge in [0.2, 0.25) is 0 Å². The molecule has 3 rings (SSSR count). The van der Waals surface area contributed by atoms with Crippen LogP contribution in [0.2, 0.25) is 0 Å². The summed E-state index contributed by atoms with van der Waals surface area (Å²) in [6.07, 6.45) is 2.45. The van der Waals surface area contributed by atoms with Crippen molar-refractivity contribution in [3.05, 3.63) is 36.0 Å². The van der Waals surface area contributed by atoms with E-state index in [1.165, 1.54) is 18.6 Å². The Morgan fingerprint density at radius 3 is 3.05 bits per heavy atom. The van der Waals surface area contributed by atoms with Crippen LogP contribution in [0, 0.1) is 0 Å². The zero-order valence-electron chi connectivity index (χ0n) is 12.1. The molecule has 2 aromatic rings. The molecule has 1 saturated heterocycles. The third-order valence-electron chi connectivity index (χ3n) is 3.72.